The molecule has 18 heavy (non-hydrogen) atoms. The molecule has 3 rings (SSSR count). The Morgan fingerprint density at radius 3 is 3.00 bits per heavy atom. The van der Waals surface area contributed by atoms with Gasteiger partial charge in [0.2, 0.25) is 0 Å². The minimum absolute atomic E-state index is 0.0583. The lowest BCUT2D eigenvalue weighted by Gasteiger charge is -2.44. The highest BCUT2D eigenvalue weighted by molar-refractivity contribution is 4.97. The van der Waals surface area contributed by atoms with Crippen LogP contribution < -0.4 is 0 Å². The summed E-state index contributed by atoms with van der Waals surface area (Å²) in [5.41, 5.74) is -0.0641. The van der Waals surface area contributed by atoms with Gasteiger partial charge >= 0.3 is 0 Å². The van der Waals surface area contributed by atoms with E-state index in [0.717, 1.165) is 45.1 Å². The zero-order chi connectivity index (χ0) is 12.4. The van der Waals surface area contributed by atoms with Crippen LogP contribution >= 0.6 is 0 Å². The van der Waals surface area contributed by atoms with Crippen LogP contribution in [-0.2, 0) is 4.74 Å². The molecule has 0 amide bonds. The van der Waals surface area contributed by atoms with E-state index in [2.05, 4.69) is 10.3 Å². The SMILES string of the molecule is O[C@H]1[C@H](n2ccnn2)CCC[C@]12CCCCOC2. The predicted molar refractivity (Wildman–Crippen MR) is 66.0 cm³/mol. The normalized spacial score (nSPS) is 37.6. The topological polar surface area (TPSA) is 60.2 Å². The second-order valence-corrected chi connectivity index (χ2v) is 5.66. The van der Waals surface area contributed by atoms with Gasteiger partial charge in [0.1, 0.15) is 0 Å². The average molecular weight is 251 g/mol. The van der Waals surface area contributed by atoms with Gasteiger partial charge in [-0.15, -0.1) is 5.10 Å². The number of hydrogen-bond acceptors (Lipinski definition) is 4. The van der Waals surface area contributed by atoms with Crippen LogP contribution in [0.1, 0.15) is 44.6 Å². The zero-order valence-electron chi connectivity index (χ0n) is 10.7. The molecule has 1 aromatic heterocycles. The molecule has 3 atom stereocenters. The molecular formula is C13H21N3O2. The minimum atomic E-state index is -0.369. The number of nitrogens with zero attached hydrogens (tertiary/aromatic N) is 3. The van der Waals surface area contributed by atoms with Gasteiger partial charge in [-0.05, 0) is 25.7 Å². The van der Waals surface area contributed by atoms with E-state index < -0.39 is 0 Å². The highest BCUT2D eigenvalue weighted by atomic mass is 16.5. The number of aliphatic hydroxyl groups is 1. The van der Waals surface area contributed by atoms with Gasteiger partial charge in [0.15, 0.2) is 0 Å². The summed E-state index contributed by atoms with van der Waals surface area (Å²) in [6.45, 7) is 1.53. The van der Waals surface area contributed by atoms with Crippen molar-refractivity contribution in [1.29, 1.82) is 0 Å². The van der Waals surface area contributed by atoms with Gasteiger partial charge in [0, 0.05) is 18.2 Å². The Kier molecular flexibility index (Phi) is 3.35. The molecule has 1 N–H and O–H groups in total. The Morgan fingerprint density at radius 1 is 1.28 bits per heavy atom. The van der Waals surface area contributed by atoms with Gasteiger partial charge in [-0.1, -0.05) is 18.1 Å². The first-order valence-electron chi connectivity index (χ1n) is 6.93. The van der Waals surface area contributed by atoms with Crippen LogP contribution in [0.3, 0.4) is 0 Å². The monoisotopic (exact) mass is 251 g/mol. The lowest BCUT2D eigenvalue weighted by Crippen LogP contribution is -2.47. The summed E-state index contributed by atoms with van der Waals surface area (Å²) < 4.78 is 7.53. The first-order chi connectivity index (χ1) is 8.82. The van der Waals surface area contributed by atoms with Gasteiger partial charge in [0.05, 0.1) is 24.9 Å². The summed E-state index contributed by atoms with van der Waals surface area (Å²) in [7, 11) is 0. The van der Waals surface area contributed by atoms with Crippen molar-refractivity contribution in [2.24, 2.45) is 5.41 Å². The highest BCUT2D eigenvalue weighted by Crippen LogP contribution is 2.46. The molecule has 1 spiro atoms. The van der Waals surface area contributed by atoms with Gasteiger partial charge in [-0.3, -0.25) is 0 Å². The van der Waals surface area contributed by atoms with E-state index in [0.29, 0.717) is 6.61 Å². The fourth-order valence-corrected chi connectivity index (χ4v) is 3.51. The summed E-state index contributed by atoms with van der Waals surface area (Å²) >= 11 is 0. The molecule has 100 valence electrons. The predicted octanol–water partition coefficient (Wildman–Crippen LogP) is 1.55. The second kappa shape index (κ2) is 4.97. The van der Waals surface area contributed by atoms with E-state index in [1.165, 1.54) is 0 Å². The summed E-state index contributed by atoms with van der Waals surface area (Å²) in [6.07, 6.45) is 9.67. The number of hydrogen-bond donors (Lipinski definition) is 1. The van der Waals surface area contributed by atoms with Gasteiger partial charge < -0.3 is 9.84 Å². The van der Waals surface area contributed by atoms with Crippen molar-refractivity contribution in [3.05, 3.63) is 12.4 Å². The molecule has 1 aliphatic heterocycles. The summed E-state index contributed by atoms with van der Waals surface area (Å²) in [4.78, 5) is 0. The standard InChI is InChI=1S/C13H21N3O2/c17-12-11(16-8-7-14-15-16)4-3-6-13(12)5-1-2-9-18-10-13/h7-8,11-12,17H,1-6,9-10H2/t11-,12+,13+/m1/s1. The van der Waals surface area contributed by atoms with Crippen LogP contribution in [0.5, 0.6) is 0 Å². The smallest absolute Gasteiger partial charge is 0.0842 e. The average Bonchev–Trinajstić information content (AvgIpc) is 2.81. The van der Waals surface area contributed by atoms with E-state index in [9.17, 15) is 5.11 Å². The largest absolute Gasteiger partial charge is 0.390 e. The van der Waals surface area contributed by atoms with Crippen molar-refractivity contribution < 1.29 is 9.84 Å². The third kappa shape index (κ3) is 2.06. The molecule has 0 aromatic carbocycles. The van der Waals surface area contributed by atoms with Crippen molar-refractivity contribution >= 4 is 0 Å². The molecule has 0 unspecified atom stereocenters. The Labute approximate surface area is 107 Å². The molecule has 5 nitrogen and oxygen atoms in total. The lowest BCUT2D eigenvalue weighted by atomic mass is 9.67. The first-order valence-corrected chi connectivity index (χ1v) is 6.93. The highest BCUT2D eigenvalue weighted by Gasteiger charge is 2.46. The van der Waals surface area contributed by atoms with E-state index in [1.807, 2.05) is 10.9 Å². The molecule has 1 aliphatic carbocycles. The van der Waals surface area contributed by atoms with Crippen molar-refractivity contribution in [3.63, 3.8) is 0 Å². The Bertz CT molecular complexity index is 372. The van der Waals surface area contributed by atoms with Gasteiger partial charge in [0.25, 0.3) is 0 Å². The summed E-state index contributed by atoms with van der Waals surface area (Å²) in [6, 6.07) is 0.0583. The van der Waals surface area contributed by atoms with E-state index in [1.54, 1.807) is 6.20 Å². The van der Waals surface area contributed by atoms with Crippen LogP contribution in [0, 0.1) is 5.41 Å². The van der Waals surface area contributed by atoms with Crippen LogP contribution in [0.4, 0.5) is 0 Å². The van der Waals surface area contributed by atoms with Crippen LogP contribution in [-0.4, -0.2) is 39.4 Å². The van der Waals surface area contributed by atoms with Crippen LogP contribution in [0.15, 0.2) is 12.4 Å². The molecular weight excluding hydrogens is 230 g/mol. The summed E-state index contributed by atoms with van der Waals surface area (Å²) in [5, 5.41) is 18.7. The molecule has 1 aromatic rings. The maximum absolute atomic E-state index is 10.8. The van der Waals surface area contributed by atoms with Crippen LogP contribution in [0.25, 0.3) is 0 Å². The maximum Gasteiger partial charge on any atom is 0.0842 e. The second-order valence-electron chi connectivity index (χ2n) is 5.66. The van der Waals surface area contributed by atoms with Crippen molar-refractivity contribution in [2.75, 3.05) is 13.2 Å². The van der Waals surface area contributed by atoms with Gasteiger partial charge in [-0.2, -0.15) is 0 Å². The molecule has 2 heterocycles. The molecule has 2 fully saturated rings. The minimum Gasteiger partial charge on any atom is -0.390 e. The molecule has 0 bridgehead atoms. The zero-order valence-corrected chi connectivity index (χ0v) is 10.7. The van der Waals surface area contributed by atoms with E-state index in [4.69, 9.17) is 4.74 Å². The maximum atomic E-state index is 10.8. The fourth-order valence-electron chi connectivity index (χ4n) is 3.51. The molecule has 2 aliphatic rings. The Hall–Kier alpha value is -0.940. The van der Waals surface area contributed by atoms with E-state index >= 15 is 0 Å². The van der Waals surface area contributed by atoms with Crippen molar-refractivity contribution in [3.8, 4) is 0 Å². The van der Waals surface area contributed by atoms with Crippen LogP contribution in [0.2, 0.25) is 0 Å². The number of ether oxygens (including phenoxy) is 1. The first kappa shape index (κ1) is 12.1. The Balaban J connectivity index is 1.83. The third-order valence-corrected chi connectivity index (χ3v) is 4.55. The third-order valence-electron chi connectivity index (χ3n) is 4.55. The van der Waals surface area contributed by atoms with Crippen molar-refractivity contribution in [2.45, 2.75) is 50.7 Å². The number of rotatable bonds is 1. The molecule has 0 radical (unpaired) electrons. The molecule has 5 heteroatoms. The number of aliphatic hydroxyl groups excluding tert-OH is 1. The van der Waals surface area contributed by atoms with E-state index in [-0.39, 0.29) is 17.6 Å². The Morgan fingerprint density at radius 2 is 2.17 bits per heavy atom. The lowest BCUT2D eigenvalue weighted by molar-refractivity contribution is -0.0903. The fraction of sp³-hybridized carbons (Fsp3) is 0.846. The molecule has 1 saturated heterocycles. The quantitative estimate of drug-likeness (QED) is 0.822. The number of aromatic nitrogens is 3. The van der Waals surface area contributed by atoms with Gasteiger partial charge in [-0.25, -0.2) is 4.68 Å². The summed E-state index contributed by atoms with van der Waals surface area (Å²) in [5.74, 6) is 0. The van der Waals surface area contributed by atoms with Crippen molar-refractivity contribution in [1.82, 2.24) is 15.0 Å². The molecule has 1 saturated carbocycles.